The minimum absolute atomic E-state index is 0.246. The van der Waals surface area contributed by atoms with Gasteiger partial charge in [0.1, 0.15) is 0 Å². The summed E-state index contributed by atoms with van der Waals surface area (Å²) in [5.74, 6) is 0. The fraction of sp³-hybridized carbons (Fsp3) is 0.364. The molecule has 0 saturated heterocycles. The highest BCUT2D eigenvalue weighted by Gasteiger charge is 2.13. The first-order valence-electron chi connectivity index (χ1n) is 5.10. The summed E-state index contributed by atoms with van der Waals surface area (Å²) in [6.07, 6.45) is 0.868. The number of hydrogen-bond acceptors (Lipinski definition) is 3. The second-order valence-corrected chi connectivity index (χ2v) is 6.19. The van der Waals surface area contributed by atoms with Gasteiger partial charge in [-0.05, 0) is 37.1 Å². The van der Waals surface area contributed by atoms with Gasteiger partial charge in [-0.3, -0.25) is 0 Å². The second-order valence-electron chi connectivity index (χ2n) is 3.57. The number of hydrogen-bond donors (Lipinski definition) is 1. The summed E-state index contributed by atoms with van der Waals surface area (Å²) >= 11 is 3.32. The van der Waals surface area contributed by atoms with Crippen molar-refractivity contribution in [3.05, 3.63) is 28.2 Å². The van der Waals surface area contributed by atoms with Gasteiger partial charge in [0.25, 0.3) is 0 Å². The summed E-state index contributed by atoms with van der Waals surface area (Å²) in [7, 11) is -3.46. The normalized spacial score (nSPS) is 11.1. The van der Waals surface area contributed by atoms with Crippen LogP contribution >= 0.6 is 15.9 Å². The molecule has 1 aromatic rings. The summed E-state index contributed by atoms with van der Waals surface area (Å²) in [5, 5.41) is 8.35. The Morgan fingerprint density at radius 1 is 1.47 bits per heavy atom. The predicted molar refractivity (Wildman–Crippen MR) is 68.9 cm³/mol. The van der Waals surface area contributed by atoms with E-state index in [0.717, 1.165) is 10.0 Å². The van der Waals surface area contributed by atoms with Crippen LogP contribution in [0.5, 0.6) is 0 Å². The Labute approximate surface area is 110 Å². The van der Waals surface area contributed by atoms with Crippen LogP contribution in [0.4, 0.5) is 0 Å². The molecule has 0 unspecified atom stereocenters. The van der Waals surface area contributed by atoms with Crippen molar-refractivity contribution in [3.8, 4) is 6.07 Å². The minimum atomic E-state index is -3.46. The van der Waals surface area contributed by atoms with Crippen LogP contribution in [0.25, 0.3) is 0 Å². The fourth-order valence-corrected chi connectivity index (χ4v) is 2.65. The molecule has 0 heterocycles. The average molecular weight is 317 g/mol. The SMILES string of the molecule is Cc1cc(S(=O)(=O)NCCCC#N)ccc1Br. The molecule has 6 heteroatoms. The van der Waals surface area contributed by atoms with Gasteiger partial charge in [0.2, 0.25) is 10.0 Å². The third-order valence-corrected chi connectivity index (χ3v) is 4.55. The molecule has 1 rings (SSSR count). The molecule has 4 nitrogen and oxygen atoms in total. The van der Waals surface area contributed by atoms with Gasteiger partial charge in [0.15, 0.2) is 0 Å². The van der Waals surface area contributed by atoms with Crippen molar-refractivity contribution >= 4 is 26.0 Å². The molecule has 17 heavy (non-hydrogen) atoms. The molecule has 0 aliphatic carbocycles. The van der Waals surface area contributed by atoms with E-state index >= 15 is 0 Å². The van der Waals surface area contributed by atoms with E-state index in [1.54, 1.807) is 18.2 Å². The van der Waals surface area contributed by atoms with E-state index in [2.05, 4.69) is 20.7 Å². The number of nitriles is 1. The molecular weight excluding hydrogens is 304 g/mol. The highest BCUT2D eigenvalue weighted by atomic mass is 79.9. The molecule has 0 amide bonds. The molecule has 0 aliphatic heterocycles. The van der Waals surface area contributed by atoms with Gasteiger partial charge in [-0.15, -0.1) is 0 Å². The highest BCUT2D eigenvalue weighted by Crippen LogP contribution is 2.19. The first-order valence-corrected chi connectivity index (χ1v) is 7.38. The van der Waals surface area contributed by atoms with Gasteiger partial charge in [-0.2, -0.15) is 5.26 Å². The Balaban J connectivity index is 2.76. The van der Waals surface area contributed by atoms with E-state index in [9.17, 15) is 8.42 Å². The zero-order chi connectivity index (χ0) is 12.9. The first-order chi connectivity index (χ1) is 7.97. The molecule has 0 bridgehead atoms. The van der Waals surface area contributed by atoms with Gasteiger partial charge in [0, 0.05) is 17.4 Å². The topological polar surface area (TPSA) is 70.0 Å². The van der Waals surface area contributed by atoms with E-state index in [1.165, 1.54) is 0 Å². The average Bonchev–Trinajstić information content (AvgIpc) is 2.28. The van der Waals surface area contributed by atoms with Crippen molar-refractivity contribution in [2.45, 2.75) is 24.7 Å². The Kier molecular flexibility index (Phi) is 5.12. The lowest BCUT2D eigenvalue weighted by Gasteiger charge is -2.07. The molecular formula is C11H13BrN2O2S. The number of sulfonamides is 1. The number of rotatable bonds is 5. The molecule has 1 aromatic carbocycles. The van der Waals surface area contributed by atoms with Gasteiger partial charge in [-0.25, -0.2) is 13.1 Å². The van der Waals surface area contributed by atoms with Gasteiger partial charge in [-0.1, -0.05) is 15.9 Å². The van der Waals surface area contributed by atoms with Gasteiger partial charge < -0.3 is 0 Å². The summed E-state index contributed by atoms with van der Waals surface area (Å²) in [6, 6.07) is 6.83. The summed E-state index contributed by atoms with van der Waals surface area (Å²) in [4.78, 5) is 0.246. The number of unbranched alkanes of at least 4 members (excludes halogenated alkanes) is 1. The van der Waals surface area contributed by atoms with E-state index in [0.29, 0.717) is 12.8 Å². The van der Waals surface area contributed by atoms with Crippen LogP contribution in [-0.2, 0) is 10.0 Å². The highest BCUT2D eigenvalue weighted by molar-refractivity contribution is 9.10. The largest absolute Gasteiger partial charge is 0.240 e. The fourth-order valence-electron chi connectivity index (χ4n) is 1.24. The summed E-state index contributed by atoms with van der Waals surface area (Å²) in [5.41, 5.74) is 0.866. The lowest BCUT2D eigenvalue weighted by atomic mass is 10.2. The Bertz CT molecular complexity index is 535. The quantitative estimate of drug-likeness (QED) is 0.848. The predicted octanol–water partition coefficient (Wildman–Crippen LogP) is 2.34. The van der Waals surface area contributed by atoms with E-state index < -0.39 is 10.0 Å². The molecule has 0 radical (unpaired) electrons. The monoisotopic (exact) mass is 316 g/mol. The molecule has 0 spiro atoms. The summed E-state index contributed by atoms with van der Waals surface area (Å²) in [6.45, 7) is 2.11. The number of halogens is 1. The number of benzene rings is 1. The Hall–Kier alpha value is -0.900. The molecule has 0 atom stereocenters. The minimum Gasteiger partial charge on any atom is -0.211 e. The van der Waals surface area contributed by atoms with Crippen LogP contribution in [0.1, 0.15) is 18.4 Å². The first kappa shape index (κ1) is 14.2. The van der Waals surface area contributed by atoms with E-state index in [-0.39, 0.29) is 11.4 Å². The molecule has 0 saturated carbocycles. The molecule has 0 fully saturated rings. The zero-order valence-electron chi connectivity index (χ0n) is 9.40. The van der Waals surface area contributed by atoms with Crippen LogP contribution in [0.15, 0.2) is 27.6 Å². The van der Waals surface area contributed by atoms with Crippen LogP contribution in [0, 0.1) is 18.3 Å². The molecule has 92 valence electrons. The molecule has 0 aromatic heterocycles. The third kappa shape index (κ3) is 4.11. The van der Waals surface area contributed by atoms with Crippen LogP contribution in [0.3, 0.4) is 0 Å². The van der Waals surface area contributed by atoms with E-state index in [1.807, 2.05) is 13.0 Å². The van der Waals surface area contributed by atoms with Crippen molar-refractivity contribution in [1.29, 1.82) is 5.26 Å². The Morgan fingerprint density at radius 2 is 2.18 bits per heavy atom. The third-order valence-electron chi connectivity index (χ3n) is 2.20. The van der Waals surface area contributed by atoms with Crippen molar-refractivity contribution in [1.82, 2.24) is 4.72 Å². The van der Waals surface area contributed by atoms with Crippen molar-refractivity contribution in [2.75, 3.05) is 6.54 Å². The van der Waals surface area contributed by atoms with Crippen molar-refractivity contribution in [3.63, 3.8) is 0 Å². The maximum atomic E-state index is 11.8. The van der Waals surface area contributed by atoms with Crippen molar-refractivity contribution < 1.29 is 8.42 Å². The van der Waals surface area contributed by atoms with Gasteiger partial charge >= 0.3 is 0 Å². The van der Waals surface area contributed by atoms with Crippen molar-refractivity contribution in [2.24, 2.45) is 0 Å². The zero-order valence-corrected chi connectivity index (χ0v) is 11.8. The number of nitrogens with one attached hydrogen (secondary N) is 1. The molecule has 0 aliphatic rings. The Morgan fingerprint density at radius 3 is 2.76 bits per heavy atom. The van der Waals surface area contributed by atoms with Gasteiger partial charge in [0.05, 0.1) is 11.0 Å². The maximum Gasteiger partial charge on any atom is 0.240 e. The van der Waals surface area contributed by atoms with E-state index in [4.69, 9.17) is 5.26 Å². The standard InChI is InChI=1S/C11H13BrN2O2S/c1-9-8-10(4-5-11(9)12)17(15,16)14-7-3-2-6-13/h4-5,8,14H,2-3,7H2,1H3. The number of aryl methyl sites for hydroxylation is 1. The summed E-state index contributed by atoms with van der Waals surface area (Å²) < 4.78 is 27.0. The second kappa shape index (κ2) is 6.15. The smallest absolute Gasteiger partial charge is 0.211 e. The van der Waals surface area contributed by atoms with Crippen LogP contribution in [0.2, 0.25) is 0 Å². The number of nitrogens with zero attached hydrogens (tertiary/aromatic N) is 1. The van der Waals surface area contributed by atoms with Crippen LogP contribution in [-0.4, -0.2) is 15.0 Å². The van der Waals surface area contributed by atoms with Crippen LogP contribution < -0.4 is 4.72 Å². The maximum absolute atomic E-state index is 11.8. The lowest BCUT2D eigenvalue weighted by Crippen LogP contribution is -2.24. The lowest BCUT2D eigenvalue weighted by molar-refractivity contribution is 0.579. The molecule has 1 N–H and O–H groups in total.